The predicted molar refractivity (Wildman–Crippen MR) is 24.4 cm³/mol. The van der Waals surface area contributed by atoms with Crippen LogP contribution in [0.2, 0.25) is 0 Å². The minimum Gasteiger partial charge on any atom is 2.00 e. The molecular weight excluding hydrogens is 357 g/mol. The molecule has 0 N–H and O–H groups in total. The molecule has 0 heterocycles. The minimum absolute atomic E-state index is 0. The van der Waals surface area contributed by atoms with E-state index in [1.54, 1.807) is 0 Å². The van der Waals surface area contributed by atoms with Crippen molar-refractivity contribution in [1.29, 1.82) is 0 Å². The predicted octanol–water partition coefficient (Wildman–Crippen LogP) is -2.41. The second-order valence-corrected chi connectivity index (χ2v) is 4.20. The van der Waals surface area contributed by atoms with Crippen LogP contribution in [-0.2, 0) is 37.7 Å². The van der Waals surface area contributed by atoms with Gasteiger partial charge in [-0.25, -0.2) is 0 Å². The van der Waals surface area contributed by atoms with Crippen molar-refractivity contribution in [2.75, 3.05) is 0 Å². The van der Waals surface area contributed by atoms with E-state index in [0.717, 1.165) is 0 Å². The molecule has 0 spiro atoms. The molecule has 0 aliphatic rings. The van der Waals surface area contributed by atoms with Gasteiger partial charge in [0.15, 0.2) is 0 Å². The average Bonchev–Trinajstić information content (AvgIpc) is 1.63. The molecular formula is As2CuO7S. The summed E-state index contributed by atoms with van der Waals surface area (Å²) in [7, 11) is -5.17. The molecule has 7 nitrogen and oxygen atoms in total. The van der Waals surface area contributed by atoms with Crippen LogP contribution in [0.3, 0.4) is 0 Å². The van der Waals surface area contributed by atoms with Gasteiger partial charge < -0.3 is 9.11 Å². The van der Waals surface area contributed by atoms with Crippen molar-refractivity contribution in [3.63, 3.8) is 0 Å². The first kappa shape index (κ1) is 18.0. The fourth-order valence-electron chi connectivity index (χ4n) is 0.0136. The van der Waals surface area contributed by atoms with Crippen LogP contribution in [0, 0.1) is 0 Å². The normalized spacial score (nSPS) is 9.64. The van der Waals surface area contributed by atoms with Crippen molar-refractivity contribution in [2.24, 2.45) is 0 Å². The van der Waals surface area contributed by atoms with E-state index in [-0.39, 0.29) is 17.1 Å². The summed E-state index contributed by atoms with van der Waals surface area (Å²) in [5.74, 6) is 0. The van der Waals surface area contributed by atoms with E-state index in [1.807, 2.05) is 0 Å². The SMILES string of the molecule is O=S(=O)([O-])[O-].O=[As]O[As]=O.[Cu+2]. The van der Waals surface area contributed by atoms with E-state index in [2.05, 4.69) is 2.72 Å². The Labute approximate surface area is 86.8 Å². The number of rotatable bonds is 2. The van der Waals surface area contributed by atoms with Crippen molar-refractivity contribution < 1.29 is 44.8 Å². The molecule has 0 saturated carbocycles. The van der Waals surface area contributed by atoms with E-state index >= 15 is 0 Å². The maximum Gasteiger partial charge on any atom is 2.00 e. The summed E-state index contributed by atoms with van der Waals surface area (Å²) in [5, 5.41) is 0. The first-order chi connectivity index (χ1) is 4.41. The zero-order valence-corrected chi connectivity index (χ0v) is 9.97. The molecule has 0 aromatic rings. The zero-order valence-electron chi connectivity index (χ0n) is 4.46. The Morgan fingerprint density at radius 1 is 1.09 bits per heavy atom. The molecule has 0 fully saturated rings. The Morgan fingerprint density at radius 3 is 1.27 bits per heavy atom. The van der Waals surface area contributed by atoms with Gasteiger partial charge in [0.25, 0.3) is 0 Å². The van der Waals surface area contributed by atoms with Gasteiger partial charge in [-0.15, -0.1) is 0 Å². The van der Waals surface area contributed by atoms with Gasteiger partial charge in [-0.2, -0.15) is 0 Å². The van der Waals surface area contributed by atoms with Crippen LogP contribution in [0.15, 0.2) is 0 Å². The first-order valence-corrected chi connectivity index (χ1v) is 5.79. The number of hydrogen-bond donors (Lipinski definition) is 0. The van der Waals surface area contributed by atoms with Gasteiger partial charge in [-0.05, 0) is 0 Å². The van der Waals surface area contributed by atoms with Crippen LogP contribution in [0.4, 0.5) is 0 Å². The second kappa shape index (κ2) is 11.1. The summed E-state index contributed by atoms with van der Waals surface area (Å²) < 4.78 is 56.4. The second-order valence-electron chi connectivity index (χ2n) is 0.639. The molecule has 0 amide bonds. The summed E-state index contributed by atoms with van der Waals surface area (Å²) in [6.07, 6.45) is 0. The number of hydrogen-bond acceptors (Lipinski definition) is 7. The maximum absolute atomic E-state index is 9.22. The monoisotopic (exact) mass is 357 g/mol. The molecule has 0 aromatic heterocycles. The van der Waals surface area contributed by atoms with Gasteiger partial charge in [0, 0.05) is 10.4 Å². The van der Waals surface area contributed by atoms with E-state index < -0.39 is 42.5 Å². The third kappa shape index (κ3) is 96.7. The fourth-order valence-corrected chi connectivity index (χ4v) is 0.367. The standard InChI is InChI=1S/As2O3.Cu.H2O4S/c3-1-5-2-4;;1-5(2,3)4/h;;(H2,1,2,3,4)/q;+2;/p-2. The van der Waals surface area contributed by atoms with Gasteiger partial charge >= 0.3 is 59.3 Å². The topological polar surface area (TPSA) is 124 Å². The average molecular weight is 357 g/mol. The van der Waals surface area contributed by atoms with Crippen molar-refractivity contribution in [3.05, 3.63) is 0 Å². The molecule has 0 aliphatic carbocycles. The summed E-state index contributed by atoms with van der Waals surface area (Å²) >= 11 is -2.61. The minimum atomic E-state index is -5.17. The Balaban J connectivity index is -0.000000107. The van der Waals surface area contributed by atoms with Crippen molar-refractivity contribution in [2.45, 2.75) is 0 Å². The molecule has 11 heavy (non-hydrogen) atoms. The molecule has 0 atom stereocenters. The van der Waals surface area contributed by atoms with Crippen LogP contribution in [-0.4, -0.2) is 49.6 Å². The van der Waals surface area contributed by atoms with Crippen LogP contribution >= 0.6 is 0 Å². The van der Waals surface area contributed by atoms with Crippen LogP contribution in [0.5, 0.6) is 0 Å². The maximum atomic E-state index is 9.22. The molecule has 0 rings (SSSR count). The smallest absolute Gasteiger partial charge is 2.00 e. The molecule has 0 unspecified atom stereocenters. The van der Waals surface area contributed by atoms with Crippen LogP contribution in [0.25, 0.3) is 0 Å². The third-order valence-corrected chi connectivity index (χ3v) is 1.80. The van der Waals surface area contributed by atoms with Gasteiger partial charge in [0.2, 0.25) is 0 Å². The molecule has 11 heteroatoms. The van der Waals surface area contributed by atoms with Gasteiger partial charge in [-0.3, -0.25) is 8.42 Å². The quantitative estimate of drug-likeness (QED) is 0.306. The molecule has 1 radical (unpaired) electrons. The van der Waals surface area contributed by atoms with Crippen molar-refractivity contribution >= 4 is 42.5 Å². The van der Waals surface area contributed by atoms with Gasteiger partial charge in [0.1, 0.15) is 0 Å². The third-order valence-electron chi connectivity index (χ3n) is 0.0667. The summed E-state index contributed by atoms with van der Waals surface area (Å²) in [6, 6.07) is 0. The van der Waals surface area contributed by atoms with E-state index in [9.17, 15) is 7.48 Å². The summed E-state index contributed by atoms with van der Waals surface area (Å²) in [6.45, 7) is 0. The van der Waals surface area contributed by atoms with Crippen molar-refractivity contribution in [3.8, 4) is 0 Å². The zero-order chi connectivity index (χ0) is 8.62. The summed E-state index contributed by atoms with van der Waals surface area (Å²) in [4.78, 5) is 0. The van der Waals surface area contributed by atoms with E-state index in [1.165, 1.54) is 0 Å². The molecule has 0 bridgehead atoms. The Bertz CT molecular complexity index is 169. The summed E-state index contributed by atoms with van der Waals surface area (Å²) in [5.41, 5.74) is 0. The van der Waals surface area contributed by atoms with E-state index in [4.69, 9.17) is 17.5 Å². The van der Waals surface area contributed by atoms with E-state index in [0.29, 0.717) is 0 Å². The van der Waals surface area contributed by atoms with Crippen molar-refractivity contribution in [1.82, 2.24) is 0 Å². The van der Waals surface area contributed by atoms with Gasteiger partial charge in [0.05, 0.1) is 0 Å². The Kier molecular flexibility index (Phi) is 18.1. The molecule has 69 valence electrons. The molecule has 0 aliphatic heterocycles. The Morgan fingerprint density at radius 2 is 1.27 bits per heavy atom. The molecule has 0 saturated heterocycles. The van der Waals surface area contributed by atoms with Crippen LogP contribution < -0.4 is 0 Å². The van der Waals surface area contributed by atoms with Gasteiger partial charge in [-0.1, -0.05) is 0 Å². The van der Waals surface area contributed by atoms with Crippen LogP contribution in [0.1, 0.15) is 0 Å². The first-order valence-electron chi connectivity index (χ1n) is 1.40. The Hall–Kier alpha value is 1.07. The largest absolute Gasteiger partial charge is 2.00 e. The fraction of sp³-hybridized carbons (Fsp3) is 0. The molecule has 0 aromatic carbocycles.